The van der Waals surface area contributed by atoms with Gasteiger partial charge in [0.1, 0.15) is 11.6 Å². The van der Waals surface area contributed by atoms with Crippen molar-refractivity contribution < 1.29 is 23.0 Å². The van der Waals surface area contributed by atoms with E-state index in [1.54, 1.807) is 25.1 Å². The third-order valence-electron chi connectivity index (χ3n) is 5.31. The molecule has 4 nitrogen and oxygen atoms in total. The number of imidazole rings is 1. The second kappa shape index (κ2) is 9.11. The van der Waals surface area contributed by atoms with Crippen LogP contribution >= 0.6 is 0 Å². The van der Waals surface area contributed by atoms with Crippen molar-refractivity contribution >= 4 is 23.2 Å². The second-order valence-corrected chi connectivity index (χ2v) is 7.82. The summed E-state index contributed by atoms with van der Waals surface area (Å²) in [5.74, 6) is 0.808. The number of hydrogen-bond acceptors (Lipinski definition) is 3. The molecule has 33 heavy (non-hydrogen) atoms. The lowest BCUT2D eigenvalue weighted by atomic mass is 9.96. The summed E-state index contributed by atoms with van der Waals surface area (Å²) in [6.45, 7) is 2.72. The Bertz CT molecular complexity index is 1270. The molecule has 0 bridgehead atoms. The van der Waals surface area contributed by atoms with Gasteiger partial charge in [-0.05, 0) is 66.4 Å². The average Bonchev–Trinajstić information content (AvgIpc) is 3.20. The number of ether oxygens (including phenoxy) is 1. The predicted molar refractivity (Wildman–Crippen MR) is 124 cm³/mol. The average molecular weight is 452 g/mol. The first-order chi connectivity index (χ1) is 15.7. The molecule has 0 saturated carbocycles. The summed E-state index contributed by atoms with van der Waals surface area (Å²) in [6, 6.07) is 20.0. The zero-order chi connectivity index (χ0) is 23.6. The number of aliphatic hydroxyl groups is 1. The Morgan fingerprint density at radius 1 is 0.970 bits per heavy atom. The number of benzene rings is 3. The lowest BCUT2D eigenvalue weighted by Gasteiger charge is -2.17. The van der Waals surface area contributed by atoms with Crippen LogP contribution in [-0.2, 0) is 0 Å². The molecule has 4 aromatic rings. The number of fused-ring (bicyclic) bond motifs is 1. The number of nitrogens with one attached hydrogen (secondary N) is 1. The summed E-state index contributed by atoms with van der Waals surface area (Å²) < 4.78 is 42.8. The first kappa shape index (κ1) is 22.6. The van der Waals surface area contributed by atoms with E-state index in [0.717, 1.165) is 40.2 Å². The minimum atomic E-state index is -4.40. The topological polar surface area (TPSA) is 58.1 Å². The Morgan fingerprint density at radius 2 is 1.70 bits per heavy atom. The van der Waals surface area contributed by atoms with Gasteiger partial charge in [-0.25, -0.2) is 4.98 Å². The van der Waals surface area contributed by atoms with Crippen LogP contribution in [0.25, 0.3) is 34.3 Å². The van der Waals surface area contributed by atoms with Crippen LogP contribution in [0.1, 0.15) is 36.9 Å². The van der Waals surface area contributed by atoms with Crippen molar-refractivity contribution in [1.29, 1.82) is 0 Å². The van der Waals surface area contributed by atoms with Gasteiger partial charge in [-0.3, -0.25) is 0 Å². The van der Waals surface area contributed by atoms with Crippen molar-refractivity contribution in [1.82, 2.24) is 9.97 Å². The van der Waals surface area contributed by atoms with Crippen molar-refractivity contribution in [2.45, 2.75) is 32.2 Å². The van der Waals surface area contributed by atoms with Gasteiger partial charge >= 0.3 is 6.18 Å². The summed E-state index contributed by atoms with van der Waals surface area (Å²) in [4.78, 5) is 7.83. The molecule has 0 spiro atoms. The number of hydrogen-bond donors (Lipinski definition) is 2. The maximum absolute atomic E-state index is 12.6. The Labute approximate surface area is 189 Å². The van der Waals surface area contributed by atoms with Gasteiger partial charge in [0.2, 0.25) is 0 Å². The van der Waals surface area contributed by atoms with E-state index in [1.165, 1.54) is 12.1 Å². The maximum Gasteiger partial charge on any atom is 0.425 e. The summed E-state index contributed by atoms with van der Waals surface area (Å²) in [5, 5.41) is 10.1. The zero-order valence-electron chi connectivity index (χ0n) is 18.1. The second-order valence-electron chi connectivity index (χ2n) is 7.82. The number of aromatic nitrogens is 2. The van der Waals surface area contributed by atoms with Gasteiger partial charge in [0.25, 0.3) is 0 Å². The largest absolute Gasteiger partial charge is 0.481 e. The molecule has 0 aliphatic heterocycles. The molecule has 0 saturated heterocycles. The van der Waals surface area contributed by atoms with Crippen LogP contribution in [0.5, 0.6) is 5.75 Å². The van der Waals surface area contributed by atoms with Crippen LogP contribution in [0.4, 0.5) is 13.2 Å². The van der Waals surface area contributed by atoms with Gasteiger partial charge in [-0.2, -0.15) is 13.2 Å². The normalized spacial score (nSPS) is 14.0. The van der Waals surface area contributed by atoms with Gasteiger partial charge in [-0.1, -0.05) is 48.5 Å². The smallest absolute Gasteiger partial charge is 0.425 e. The molecule has 7 heteroatoms. The minimum absolute atomic E-state index is 0.158. The molecule has 0 radical (unpaired) electrons. The Kier molecular flexibility index (Phi) is 6.24. The predicted octanol–water partition coefficient (Wildman–Crippen LogP) is 6.78. The van der Waals surface area contributed by atoms with Crippen LogP contribution < -0.4 is 4.74 Å². The summed E-state index contributed by atoms with van der Waals surface area (Å²) >= 11 is 0. The van der Waals surface area contributed by atoms with E-state index in [0.29, 0.717) is 5.82 Å². The van der Waals surface area contributed by atoms with E-state index in [2.05, 4.69) is 9.97 Å². The van der Waals surface area contributed by atoms with Gasteiger partial charge in [-0.15, -0.1) is 0 Å². The minimum Gasteiger partial charge on any atom is -0.481 e. The number of nitrogens with zero attached hydrogens (tertiary/aromatic N) is 1. The highest BCUT2D eigenvalue weighted by molar-refractivity contribution is 5.84. The quantitative estimate of drug-likeness (QED) is 0.339. The van der Waals surface area contributed by atoms with Gasteiger partial charge in [0, 0.05) is 0 Å². The van der Waals surface area contributed by atoms with Crippen LogP contribution in [0.2, 0.25) is 0 Å². The van der Waals surface area contributed by atoms with E-state index in [1.807, 2.05) is 48.5 Å². The molecule has 3 aromatic carbocycles. The van der Waals surface area contributed by atoms with Crippen LogP contribution in [0, 0.1) is 0 Å². The van der Waals surface area contributed by atoms with Crippen molar-refractivity contribution in [3.05, 3.63) is 83.7 Å². The van der Waals surface area contributed by atoms with Crippen LogP contribution in [-0.4, -0.2) is 27.4 Å². The monoisotopic (exact) mass is 452 g/mol. The molecule has 170 valence electrons. The van der Waals surface area contributed by atoms with E-state index in [9.17, 15) is 18.3 Å². The van der Waals surface area contributed by atoms with Gasteiger partial charge in [0.05, 0.1) is 17.1 Å². The number of H-pyrrole nitrogens is 1. The van der Waals surface area contributed by atoms with Gasteiger partial charge < -0.3 is 14.8 Å². The number of halogens is 3. The molecule has 2 atom stereocenters. The molecule has 2 unspecified atom stereocenters. The molecule has 4 rings (SSSR count). The number of rotatable bonds is 6. The first-order valence-electron chi connectivity index (χ1n) is 10.5. The lowest BCUT2D eigenvalue weighted by molar-refractivity contribution is -0.189. The molecule has 0 aliphatic carbocycles. The first-order valence-corrected chi connectivity index (χ1v) is 10.5. The van der Waals surface area contributed by atoms with Crippen molar-refractivity contribution in [2.75, 3.05) is 0 Å². The molecule has 0 fully saturated rings. The van der Waals surface area contributed by atoms with Crippen molar-refractivity contribution in [3.8, 4) is 16.9 Å². The molecular weight excluding hydrogens is 429 g/mol. The maximum atomic E-state index is 12.6. The fourth-order valence-corrected chi connectivity index (χ4v) is 3.50. The number of aromatic amines is 1. The fraction of sp³-hybridized carbons (Fsp3) is 0.192. The van der Waals surface area contributed by atoms with Crippen molar-refractivity contribution in [2.24, 2.45) is 0 Å². The van der Waals surface area contributed by atoms with Crippen LogP contribution in [0.3, 0.4) is 0 Å². The highest BCUT2D eigenvalue weighted by atomic mass is 19.4. The number of alkyl halides is 3. The Morgan fingerprint density at radius 3 is 2.39 bits per heavy atom. The fourth-order valence-electron chi connectivity index (χ4n) is 3.50. The number of aliphatic hydroxyl groups excluding tert-OH is 1. The summed E-state index contributed by atoms with van der Waals surface area (Å²) in [6.07, 6.45) is -3.23. The van der Waals surface area contributed by atoms with Crippen LogP contribution in [0.15, 0.2) is 66.7 Å². The third-order valence-corrected chi connectivity index (χ3v) is 5.31. The Balaban J connectivity index is 1.52. The highest BCUT2D eigenvalue weighted by Crippen LogP contribution is 2.30. The van der Waals surface area contributed by atoms with Crippen molar-refractivity contribution in [3.63, 3.8) is 0 Å². The molecule has 2 N–H and O–H groups in total. The van der Waals surface area contributed by atoms with Gasteiger partial charge in [0.15, 0.2) is 6.10 Å². The lowest BCUT2D eigenvalue weighted by Crippen LogP contribution is -2.31. The Hall–Kier alpha value is -3.58. The zero-order valence-corrected chi connectivity index (χ0v) is 18.1. The standard InChI is InChI=1S/C26H23F3N2O2/c1-16(32)21-5-3-4-6-22(21)19-10-13-23-24(15-19)31-25(30-23)14-9-18-7-11-20(12-8-18)33-17(2)26(27,28)29/h3-17,32H,1-2H3,(H,30,31)/b14-9+. The van der Waals surface area contributed by atoms with E-state index in [-0.39, 0.29) is 5.75 Å². The summed E-state index contributed by atoms with van der Waals surface area (Å²) in [5.41, 5.74) is 5.25. The SMILES string of the molecule is CC(O)c1ccccc1-c1ccc2nc(/C=C/c3ccc(OC(C)C(F)(F)F)cc3)[nH]c2c1. The molecular formula is C26H23F3N2O2. The third kappa shape index (κ3) is 5.26. The van der Waals surface area contributed by atoms with E-state index >= 15 is 0 Å². The molecule has 1 heterocycles. The molecule has 1 aromatic heterocycles. The highest BCUT2D eigenvalue weighted by Gasteiger charge is 2.37. The molecule has 0 aliphatic rings. The van der Waals surface area contributed by atoms with E-state index in [4.69, 9.17) is 4.74 Å². The van der Waals surface area contributed by atoms with E-state index < -0.39 is 18.4 Å². The molecule has 0 amide bonds. The summed E-state index contributed by atoms with van der Waals surface area (Å²) in [7, 11) is 0.